The molecule has 0 unspecified atom stereocenters. The van der Waals surface area contributed by atoms with Crippen LogP contribution in [0.2, 0.25) is 0 Å². The van der Waals surface area contributed by atoms with E-state index < -0.39 is 0 Å². The molecule has 2 aliphatic rings. The lowest BCUT2D eigenvalue weighted by Gasteiger charge is -2.40. The largest absolute Gasteiger partial charge is 0.381 e. The molecule has 0 bridgehead atoms. The fourth-order valence-corrected chi connectivity index (χ4v) is 3.58. The van der Waals surface area contributed by atoms with Crippen LogP contribution in [0, 0.1) is 5.41 Å². The molecule has 20 heavy (non-hydrogen) atoms. The SMILES string of the molecule is CCNCC1(CN2Cc3ccccc3C2)CCOCC1. The molecule has 3 heteroatoms. The van der Waals surface area contributed by atoms with E-state index in [-0.39, 0.29) is 0 Å². The van der Waals surface area contributed by atoms with Crippen molar-refractivity contribution in [2.24, 2.45) is 5.41 Å². The van der Waals surface area contributed by atoms with Crippen LogP contribution in [0.4, 0.5) is 0 Å². The molecule has 3 nitrogen and oxygen atoms in total. The third-order valence-corrected chi connectivity index (χ3v) is 4.77. The normalized spacial score (nSPS) is 21.9. The van der Waals surface area contributed by atoms with Crippen LogP contribution in [0.15, 0.2) is 24.3 Å². The molecule has 2 heterocycles. The maximum absolute atomic E-state index is 5.58. The highest BCUT2D eigenvalue weighted by Gasteiger charge is 2.35. The lowest BCUT2D eigenvalue weighted by molar-refractivity contribution is -0.00493. The third kappa shape index (κ3) is 3.05. The van der Waals surface area contributed by atoms with Gasteiger partial charge in [-0.3, -0.25) is 4.90 Å². The van der Waals surface area contributed by atoms with Gasteiger partial charge in [0.15, 0.2) is 0 Å². The van der Waals surface area contributed by atoms with E-state index in [1.807, 2.05) is 0 Å². The quantitative estimate of drug-likeness (QED) is 0.892. The molecule has 110 valence electrons. The van der Waals surface area contributed by atoms with Gasteiger partial charge in [-0.05, 0) is 35.9 Å². The molecule has 1 saturated heterocycles. The maximum Gasteiger partial charge on any atom is 0.0472 e. The van der Waals surface area contributed by atoms with Crippen molar-refractivity contribution in [3.8, 4) is 0 Å². The van der Waals surface area contributed by atoms with Gasteiger partial charge >= 0.3 is 0 Å². The van der Waals surface area contributed by atoms with Crippen molar-refractivity contribution < 1.29 is 4.74 Å². The van der Waals surface area contributed by atoms with E-state index in [1.165, 1.54) is 30.5 Å². The Hall–Kier alpha value is -0.900. The lowest BCUT2D eigenvalue weighted by atomic mass is 9.79. The molecule has 0 saturated carbocycles. The van der Waals surface area contributed by atoms with Gasteiger partial charge < -0.3 is 10.1 Å². The summed E-state index contributed by atoms with van der Waals surface area (Å²) in [6.07, 6.45) is 2.37. The molecule has 0 aromatic heterocycles. The van der Waals surface area contributed by atoms with E-state index in [0.29, 0.717) is 5.41 Å². The Labute approximate surface area is 122 Å². The number of benzene rings is 1. The Morgan fingerprint density at radius 3 is 2.40 bits per heavy atom. The number of hydrogen-bond donors (Lipinski definition) is 1. The summed E-state index contributed by atoms with van der Waals surface area (Å²) in [5, 5.41) is 3.57. The molecular formula is C17H26N2O. The smallest absolute Gasteiger partial charge is 0.0472 e. The molecule has 3 rings (SSSR count). The average Bonchev–Trinajstić information content (AvgIpc) is 2.88. The minimum absolute atomic E-state index is 0.399. The van der Waals surface area contributed by atoms with Crippen LogP contribution in [0.1, 0.15) is 30.9 Å². The number of nitrogens with one attached hydrogen (secondary N) is 1. The summed E-state index contributed by atoms with van der Waals surface area (Å²) in [6, 6.07) is 8.86. The van der Waals surface area contributed by atoms with Crippen molar-refractivity contribution in [1.29, 1.82) is 0 Å². The molecule has 0 spiro atoms. The maximum atomic E-state index is 5.58. The second kappa shape index (κ2) is 6.25. The van der Waals surface area contributed by atoms with Crippen molar-refractivity contribution >= 4 is 0 Å². The standard InChI is InChI=1S/C17H26N2O/c1-2-18-13-17(7-9-20-10-8-17)14-19-11-15-5-3-4-6-16(15)12-19/h3-6,18H,2,7-14H2,1H3. The average molecular weight is 274 g/mol. The van der Waals surface area contributed by atoms with E-state index in [2.05, 4.69) is 41.4 Å². The Kier molecular flexibility index (Phi) is 4.39. The fraction of sp³-hybridized carbons (Fsp3) is 0.647. The van der Waals surface area contributed by atoms with Crippen molar-refractivity contribution in [3.05, 3.63) is 35.4 Å². The van der Waals surface area contributed by atoms with Gasteiger partial charge in [0, 0.05) is 39.4 Å². The van der Waals surface area contributed by atoms with Crippen LogP contribution in [-0.2, 0) is 17.8 Å². The van der Waals surface area contributed by atoms with Gasteiger partial charge in [-0.1, -0.05) is 31.2 Å². The van der Waals surface area contributed by atoms with Crippen LogP contribution >= 0.6 is 0 Å². The lowest BCUT2D eigenvalue weighted by Crippen LogP contribution is -2.46. The molecule has 1 N–H and O–H groups in total. The summed E-state index contributed by atoms with van der Waals surface area (Å²) in [6.45, 7) is 9.65. The minimum Gasteiger partial charge on any atom is -0.381 e. The summed E-state index contributed by atoms with van der Waals surface area (Å²) < 4.78 is 5.58. The zero-order valence-corrected chi connectivity index (χ0v) is 12.5. The third-order valence-electron chi connectivity index (χ3n) is 4.77. The molecule has 0 amide bonds. The first-order valence-corrected chi connectivity index (χ1v) is 7.89. The highest BCUT2D eigenvalue weighted by molar-refractivity contribution is 5.30. The summed E-state index contributed by atoms with van der Waals surface area (Å²) in [5.41, 5.74) is 3.42. The highest BCUT2D eigenvalue weighted by Crippen LogP contribution is 2.34. The van der Waals surface area contributed by atoms with Crippen LogP contribution < -0.4 is 5.32 Å². The highest BCUT2D eigenvalue weighted by atomic mass is 16.5. The fourth-order valence-electron chi connectivity index (χ4n) is 3.58. The van der Waals surface area contributed by atoms with Crippen molar-refractivity contribution in [2.45, 2.75) is 32.9 Å². The molecular weight excluding hydrogens is 248 g/mol. The first-order valence-electron chi connectivity index (χ1n) is 7.89. The first-order chi connectivity index (χ1) is 9.81. The number of hydrogen-bond acceptors (Lipinski definition) is 3. The van der Waals surface area contributed by atoms with E-state index in [1.54, 1.807) is 0 Å². The molecule has 1 aromatic rings. The van der Waals surface area contributed by atoms with E-state index in [4.69, 9.17) is 4.74 Å². The first kappa shape index (κ1) is 14.1. The second-order valence-corrected chi connectivity index (χ2v) is 6.31. The van der Waals surface area contributed by atoms with Crippen LogP contribution in [0.5, 0.6) is 0 Å². The van der Waals surface area contributed by atoms with E-state index >= 15 is 0 Å². The molecule has 0 radical (unpaired) electrons. The summed E-state index contributed by atoms with van der Waals surface area (Å²) >= 11 is 0. The van der Waals surface area contributed by atoms with Gasteiger partial charge in [0.05, 0.1) is 0 Å². The van der Waals surface area contributed by atoms with Crippen LogP contribution in [0.3, 0.4) is 0 Å². The molecule has 0 atom stereocenters. The number of nitrogens with zero attached hydrogens (tertiary/aromatic N) is 1. The monoisotopic (exact) mass is 274 g/mol. The Morgan fingerprint density at radius 1 is 1.15 bits per heavy atom. The van der Waals surface area contributed by atoms with Gasteiger partial charge in [0.25, 0.3) is 0 Å². The Balaban J connectivity index is 1.65. The van der Waals surface area contributed by atoms with Gasteiger partial charge in [0.2, 0.25) is 0 Å². The number of rotatable bonds is 5. The van der Waals surface area contributed by atoms with Gasteiger partial charge in [-0.15, -0.1) is 0 Å². The zero-order valence-electron chi connectivity index (χ0n) is 12.5. The topological polar surface area (TPSA) is 24.5 Å². The van der Waals surface area contributed by atoms with Crippen molar-refractivity contribution in [3.63, 3.8) is 0 Å². The van der Waals surface area contributed by atoms with Gasteiger partial charge in [-0.25, -0.2) is 0 Å². The summed E-state index contributed by atoms with van der Waals surface area (Å²) in [4.78, 5) is 2.62. The molecule has 0 aliphatic carbocycles. The summed E-state index contributed by atoms with van der Waals surface area (Å²) in [7, 11) is 0. The Bertz CT molecular complexity index is 415. The predicted octanol–water partition coefficient (Wildman–Crippen LogP) is 2.41. The van der Waals surface area contributed by atoms with Gasteiger partial charge in [0.1, 0.15) is 0 Å². The van der Waals surface area contributed by atoms with Gasteiger partial charge in [-0.2, -0.15) is 0 Å². The number of fused-ring (bicyclic) bond motifs is 1. The van der Waals surface area contributed by atoms with Crippen LogP contribution in [0.25, 0.3) is 0 Å². The number of ether oxygens (including phenoxy) is 1. The summed E-state index contributed by atoms with van der Waals surface area (Å²) in [5.74, 6) is 0. The predicted molar refractivity (Wildman–Crippen MR) is 81.6 cm³/mol. The van der Waals surface area contributed by atoms with Crippen molar-refractivity contribution in [1.82, 2.24) is 10.2 Å². The second-order valence-electron chi connectivity index (χ2n) is 6.31. The molecule has 2 aliphatic heterocycles. The van der Waals surface area contributed by atoms with E-state index in [0.717, 1.165) is 39.4 Å². The Morgan fingerprint density at radius 2 is 1.80 bits per heavy atom. The molecule has 1 fully saturated rings. The molecule has 1 aromatic carbocycles. The van der Waals surface area contributed by atoms with E-state index in [9.17, 15) is 0 Å². The zero-order chi connectivity index (χ0) is 13.8. The minimum atomic E-state index is 0.399. The van der Waals surface area contributed by atoms with Crippen LogP contribution in [-0.4, -0.2) is 37.7 Å². The van der Waals surface area contributed by atoms with Crippen molar-refractivity contribution in [2.75, 3.05) is 32.8 Å².